The number of carbonyl (C=O) groups is 1. The number of nitrogens with zero attached hydrogens (tertiary/aromatic N) is 4. The van der Waals surface area contributed by atoms with Crippen LogP contribution in [0.1, 0.15) is 57.4 Å². The Morgan fingerprint density at radius 3 is 2.74 bits per heavy atom. The lowest BCUT2D eigenvalue weighted by Gasteiger charge is -2.39. The maximum Gasteiger partial charge on any atom is 0.293 e. The van der Waals surface area contributed by atoms with Gasteiger partial charge in [0.05, 0.1) is 17.7 Å². The van der Waals surface area contributed by atoms with Crippen molar-refractivity contribution < 1.29 is 13.7 Å². The number of hydrogen-bond acceptors (Lipinski definition) is 5. The monoisotopic (exact) mass is 452 g/mol. The molecule has 3 heterocycles. The fraction of sp³-hybridized carbons (Fsp3) is 0.185. The molecular weight excluding hydrogens is 431 g/mol. The van der Waals surface area contributed by atoms with Crippen molar-refractivity contribution in [2.75, 3.05) is 6.54 Å². The van der Waals surface area contributed by atoms with Crippen molar-refractivity contribution in [1.29, 1.82) is 5.26 Å². The number of halogens is 1. The van der Waals surface area contributed by atoms with Crippen LogP contribution >= 0.6 is 0 Å². The number of pyridine rings is 1. The second-order valence-corrected chi connectivity index (χ2v) is 8.40. The third-order valence-corrected chi connectivity index (χ3v) is 6.37. The molecule has 168 valence electrons. The smallest absolute Gasteiger partial charge is 0.293 e. The summed E-state index contributed by atoms with van der Waals surface area (Å²) in [7, 11) is 0. The maximum atomic E-state index is 14.2. The molecule has 0 spiro atoms. The Labute approximate surface area is 196 Å². The first kappa shape index (κ1) is 21.5. The van der Waals surface area contributed by atoms with Crippen molar-refractivity contribution in [3.63, 3.8) is 0 Å². The molecule has 1 aliphatic heterocycles. The van der Waals surface area contributed by atoms with Gasteiger partial charge in [-0.1, -0.05) is 35.5 Å². The number of carbonyl (C=O) groups excluding carboxylic acids is 1. The molecule has 1 amide bonds. The molecule has 0 N–H and O–H groups in total. The average molecular weight is 452 g/mol. The van der Waals surface area contributed by atoms with Crippen LogP contribution in [0.2, 0.25) is 0 Å². The summed E-state index contributed by atoms with van der Waals surface area (Å²) in [5.41, 5.74) is 4.71. The molecule has 0 aliphatic carbocycles. The molecular formula is C27H21FN4O2. The van der Waals surface area contributed by atoms with Crippen molar-refractivity contribution in [3.8, 4) is 17.3 Å². The molecule has 0 saturated heterocycles. The van der Waals surface area contributed by atoms with E-state index in [1.54, 1.807) is 29.2 Å². The van der Waals surface area contributed by atoms with Crippen molar-refractivity contribution in [1.82, 2.24) is 15.0 Å². The Hall–Kier alpha value is -4.31. The minimum absolute atomic E-state index is 0.0174. The van der Waals surface area contributed by atoms with Crippen molar-refractivity contribution >= 4 is 5.91 Å². The molecule has 0 saturated carbocycles. The highest BCUT2D eigenvalue weighted by molar-refractivity contribution is 5.93. The van der Waals surface area contributed by atoms with E-state index in [2.05, 4.69) is 16.2 Å². The van der Waals surface area contributed by atoms with Crippen LogP contribution < -0.4 is 0 Å². The first-order chi connectivity index (χ1) is 16.5. The summed E-state index contributed by atoms with van der Waals surface area (Å²) in [5.74, 6) is -0.957. The summed E-state index contributed by atoms with van der Waals surface area (Å²) in [6, 6.07) is 19.1. The zero-order valence-corrected chi connectivity index (χ0v) is 18.7. The van der Waals surface area contributed by atoms with E-state index >= 15 is 0 Å². The highest BCUT2D eigenvalue weighted by Gasteiger charge is 2.37. The van der Waals surface area contributed by atoms with Crippen LogP contribution in [0.5, 0.6) is 0 Å². The van der Waals surface area contributed by atoms with Gasteiger partial charge < -0.3 is 9.42 Å². The quantitative estimate of drug-likeness (QED) is 0.415. The zero-order chi connectivity index (χ0) is 23.8. The Balaban J connectivity index is 1.56. The summed E-state index contributed by atoms with van der Waals surface area (Å²) in [4.78, 5) is 19.7. The molecule has 0 bridgehead atoms. The normalized spacial score (nSPS) is 17.2. The van der Waals surface area contributed by atoms with Crippen molar-refractivity contribution in [3.05, 3.63) is 106 Å². The van der Waals surface area contributed by atoms with Crippen LogP contribution in [-0.2, 0) is 0 Å². The topological polar surface area (TPSA) is 83.0 Å². The minimum atomic E-state index is -0.444. The first-order valence-corrected chi connectivity index (χ1v) is 11.0. The Morgan fingerprint density at radius 2 is 2.00 bits per heavy atom. The number of hydrogen-bond donors (Lipinski definition) is 0. The van der Waals surface area contributed by atoms with Crippen molar-refractivity contribution in [2.24, 2.45) is 0 Å². The number of fused-ring (bicyclic) bond motifs is 1. The van der Waals surface area contributed by atoms with Gasteiger partial charge in [-0.15, -0.1) is 0 Å². The van der Waals surface area contributed by atoms with Gasteiger partial charge >= 0.3 is 0 Å². The van der Waals surface area contributed by atoms with Gasteiger partial charge in [0.2, 0.25) is 5.76 Å². The van der Waals surface area contributed by atoms with Gasteiger partial charge in [0, 0.05) is 36.0 Å². The summed E-state index contributed by atoms with van der Waals surface area (Å²) in [6.07, 6.45) is 1.81. The lowest BCUT2D eigenvalue weighted by atomic mass is 9.80. The lowest BCUT2D eigenvalue weighted by Crippen LogP contribution is -2.41. The molecule has 2 aromatic carbocycles. The SMILES string of the molecule is Cc1ccc(C2CN(C(=O)c3cc(-c4ccccc4F)no3)[C@@H](C)c3c(C#N)cccc32)cn1. The second kappa shape index (κ2) is 8.56. The molecule has 7 heteroatoms. The maximum absolute atomic E-state index is 14.2. The summed E-state index contributed by atoms with van der Waals surface area (Å²) >= 11 is 0. The van der Waals surface area contributed by atoms with Gasteiger partial charge in [-0.3, -0.25) is 9.78 Å². The third-order valence-electron chi connectivity index (χ3n) is 6.37. The van der Waals surface area contributed by atoms with E-state index in [4.69, 9.17) is 4.52 Å². The van der Waals surface area contributed by atoms with Gasteiger partial charge in [-0.2, -0.15) is 5.26 Å². The second-order valence-electron chi connectivity index (χ2n) is 8.40. The Bertz CT molecular complexity index is 1420. The minimum Gasteiger partial charge on any atom is -0.350 e. The molecule has 1 unspecified atom stereocenters. The number of amides is 1. The van der Waals surface area contributed by atoms with Gasteiger partial charge in [-0.25, -0.2) is 4.39 Å². The molecule has 0 radical (unpaired) electrons. The van der Waals surface area contributed by atoms with Crippen LogP contribution in [-0.4, -0.2) is 27.5 Å². The van der Waals surface area contributed by atoms with Crippen molar-refractivity contribution in [2.45, 2.75) is 25.8 Å². The van der Waals surface area contributed by atoms with Crippen LogP contribution in [0.3, 0.4) is 0 Å². The van der Waals surface area contributed by atoms with E-state index in [1.807, 2.05) is 44.3 Å². The van der Waals surface area contributed by atoms with E-state index in [0.29, 0.717) is 12.1 Å². The van der Waals surface area contributed by atoms with Gasteiger partial charge in [-0.05, 0) is 54.8 Å². The summed E-state index contributed by atoms with van der Waals surface area (Å²) in [5, 5.41) is 13.7. The Kier molecular flexibility index (Phi) is 5.42. The largest absolute Gasteiger partial charge is 0.350 e. The molecule has 0 fully saturated rings. The van der Waals surface area contributed by atoms with Gasteiger partial charge in [0.25, 0.3) is 5.91 Å². The van der Waals surface area contributed by atoms with Crippen LogP contribution in [0.25, 0.3) is 11.3 Å². The summed E-state index contributed by atoms with van der Waals surface area (Å²) in [6.45, 7) is 4.19. The third kappa shape index (κ3) is 3.63. The molecule has 4 aromatic rings. The van der Waals surface area contributed by atoms with Crippen LogP contribution in [0.4, 0.5) is 4.39 Å². The van der Waals surface area contributed by atoms with Crippen LogP contribution in [0, 0.1) is 24.1 Å². The Morgan fingerprint density at radius 1 is 1.18 bits per heavy atom. The van der Waals surface area contributed by atoms with E-state index < -0.39 is 5.82 Å². The van der Waals surface area contributed by atoms with Gasteiger partial charge in [0.15, 0.2) is 0 Å². The summed E-state index contributed by atoms with van der Waals surface area (Å²) < 4.78 is 19.6. The average Bonchev–Trinajstić information content (AvgIpc) is 3.34. The van der Waals surface area contributed by atoms with Gasteiger partial charge in [0.1, 0.15) is 11.5 Å². The fourth-order valence-corrected chi connectivity index (χ4v) is 4.60. The standard InChI is InChI=1S/C27H21FN4O2/c1-16-10-11-19(14-30-16)22-15-32(17(2)26-18(13-29)6-5-8-20(22)26)27(33)25-12-24(31-34-25)21-7-3-4-9-23(21)28/h3-12,14,17,22H,15H2,1-2H3/t17-,22?/m0/s1. The number of aromatic nitrogens is 2. The highest BCUT2D eigenvalue weighted by Crippen LogP contribution is 2.41. The zero-order valence-electron chi connectivity index (χ0n) is 18.7. The van der Waals surface area contributed by atoms with E-state index in [1.165, 1.54) is 12.1 Å². The predicted octanol–water partition coefficient (Wildman–Crippen LogP) is 5.40. The number of benzene rings is 2. The molecule has 5 rings (SSSR count). The van der Waals surface area contributed by atoms with E-state index in [-0.39, 0.29) is 34.9 Å². The van der Waals surface area contributed by atoms with E-state index in [9.17, 15) is 14.4 Å². The molecule has 34 heavy (non-hydrogen) atoms. The number of aryl methyl sites for hydroxylation is 1. The molecule has 2 aromatic heterocycles. The molecule has 2 atom stereocenters. The van der Waals surface area contributed by atoms with Crippen LogP contribution in [0.15, 0.2) is 71.4 Å². The fourth-order valence-electron chi connectivity index (χ4n) is 4.60. The molecule has 6 nitrogen and oxygen atoms in total. The molecule has 1 aliphatic rings. The first-order valence-electron chi connectivity index (χ1n) is 11.0. The number of rotatable bonds is 3. The predicted molar refractivity (Wildman–Crippen MR) is 123 cm³/mol. The number of nitriles is 1. The highest BCUT2D eigenvalue weighted by atomic mass is 19.1. The lowest BCUT2D eigenvalue weighted by molar-refractivity contribution is 0.0622. The van der Waals surface area contributed by atoms with E-state index in [0.717, 1.165) is 22.4 Å².